The van der Waals surface area contributed by atoms with E-state index in [2.05, 4.69) is 72.9 Å². The lowest BCUT2D eigenvalue weighted by Crippen LogP contribution is -2.54. The number of halogens is 2. The molecule has 80 heavy (non-hydrogen) atoms. The van der Waals surface area contributed by atoms with Crippen LogP contribution >= 0.6 is 31.9 Å². The van der Waals surface area contributed by atoms with Gasteiger partial charge in [-0.25, -0.2) is 47.7 Å². The number of esters is 8. The van der Waals surface area contributed by atoms with E-state index in [1.807, 2.05) is 36.4 Å². The first-order valence-electron chi connectivity index (χ1n) is 24.8. The molecule has 0 fully saturated rings. The molecule has 2 aromatic carbocycles. The van der Waals surface area contributed by atoms with E-state index in [-0.39, 0.29) is 65.7 Å². The first-order valence-corrected chi connectivity index (χ1v) is 26.4. The number of carbonyl (C=O) groups is 8. The smallest absolute Gasteiger partial charge is 0.348 e. The minimum absolute atomic E-state index is 0.0205. The van der Waals surface area contributed by atoms with Crippen LogP contribution in [0.4, 0.5) is 0 Å². The third kappa shape index (κ3) is 18.4. The molecule has 28 nitrogen and oxygen atoms in total. The maximum absolute atomic E-state index is 12.7. The van der Waals surface area contributed by atoms with Gasteiger partial charge in [0.15, 0.2) is 0 Å². The standard InChI is InChI=1S/2C16H18BrN3O4.2C9H13N3O4/c1-3-23-14(21)16(15(22)24-4-2,20-10-9-18-19-20)11-12-5-7-13(17)8-6-12;1-3-23-14(21)16(15(22)24-4-2,20-18-9-10-19-20)11-12-5-7-13(17)8-6-12;1-3-15-8(13)7(9(14)16-4-2)12-6-5-10-11-12;1-3-15-8(13)7(9(14)16-4-2)12-10-5-6-11-12/h2*5-10H,3-4,11H2,1-2H3;2*5-7H,3-4H2,1-2H3. The van der Waals surface area contributed by atoms with Crippen molar-refractivity contribution in [2.45, 2.75) is 91.4 Å². The van der Waals surface area contributed by atoms with Crippen LogP contribution in [0.15, 0.2) is 107 Å². The number of hydrogen-bond acceptors (Lipinski definition) is 24. The average molecular weight is 1250 g/mol. The number of aromatic nitrogens is 12. The highest BCUT2D eigenvalue weighted by atomic mass is 79.9. The van der Waals surface area contributed by atoms with E-state index in [0.29, 0.717) is 0 Å². The molecule has 0 amide bonds. The summed E-state index contributed by atoms with van der Waals surface area (Å²) in [6.07, 6.45) is 11.2. The number of carbonyl (C=O) groups excluding carboxylic acids is 8. The molecule has 6 rings (SSSR count). The van der Waals surface area contributed by atoms with Crippen LogP contribution in [0, 0.1) is 0 Å². The van der Waals surface area contributed by atoms with E-state index < -0.39 is 70.9 Å². The summed E-state index contributed by atoms with van der Waals surface area (Å²) in [5.41, 5.74) is -2.05. The highest BCUT2D eigenvalue weighted by Crippen LogP contribution is 2.28. The predicted octanol–water partition coefficient (Wildman–Crippen LogP) is 4.10. The zero-order valence-electron chi connectivity index (χ0n) is 45.1. The Hall–Kier alpha value is -8.28. The van der Waals surface area contributed by atoms with Crippen molar-refractivity contribution in [2.24, 2.45) is 0 Å². The Labute approximate surface area is 476 Å². The lowest BCUT2D eigenvalue weighted by Gasteiger charge is -2.29. The van der Waals surface area contributed by atoms with Gasteiger partial charge in [-0.2, -0.15) is 30.0 Å². The fourth-order valence-electron chi connectivity index (χ4n) is 6.78. The number of rotatable bonds is 24. The van der Waals surface area contributed by atoms with Crippen molar-refractivity contribution in [3.63, 3.8) is 0 Å². The van der Waals surface area contributed by atoms with Crippen molar-refractivity contribution < 1.29 is 76.3 Å². The molecule has 0 N–H and O–H groups in total. The number of benzene rings is 2. The van der Waals surface area contributed by atoms with E-state index >= 15 is 0 Å². The van der Waals surface area contributed by atoms with Gasteiger partial charge in [-0.1, -0.05) is 66.6 Å². The van der Waals surface area contributed by atoms with Gasteiger partial charge in [0.1, 0.15) is 0 Å². The highest BCUT2D eigenvalue weighted by Gasteiger charge is 2.54. The van der Waals surface area contributed by atoms with E-state index in [1.54, 1.807) is 67.5 Å². The van der Waals surface area contributed by atoms with E-state index in [4.69, 9.17) is 37.9 Å². The monoisotopic (exact) mass is 1240 g/mol. The molecule has 0 bridgehead atoms. The van der Waals surface area contributed by atoms with Gasteiger partial charge in [0.25, 0.3) is 17.1 Å². The topological polar surface area (TPSA) is 333 Å². The molecule has 6 aromatic rings. The zero-order chi connectivity index (χ0) is 59.1. The largest absolute Gasteiger partial charge is 0.464 e. The number of ether oxygens (including phenoxy) is 8. The summed E-state index contributed by atoms with van der Waals surface area (Å²) in [5, 5.41) is 30.2. The maximum Gasteiger partial charge on any atom is 0.348 e. The van der Waals surface area contributed by atoms with Crippen molar-refractivity contribution in [1.29, 1.82) is 0 Å². The summed E-state index contributed by atoms with van der Waals surface area (Å²) in [4.78, 5) is 99.1. The SMILES string of the molecule is CCOC(=O)C(C(=O)OCC)n1ccnn1.CCOC(=O)C(C(=O)OCC)n1nccn1.CCOC(=O)C(Cc1ccc(Br)cc1)(C(=O)OCC)n1ccnn1.CCOC(=O)C(Cc1ccc(Br)cc1)(C(=O)OCC)n1nccn1. The van der Waals surface area contributed by atoms with E-state index in [9.17, 15) is 38.4 Å². The molecule has 4 aromatic heterocycles. The van der Waals surface area contributed by atoms with Gasteiger partial charge in [-0.3, -0.25) is 0 Å². The lowest BCUT2D eigenvalue weighted by atomic mass is 9.90. The van der Waals surface area contributed by atoms with Crippen LogP contribution in [0.3, 0.4) is 0 Å². The van der Waals surface area contributed by atoms with Gasteiger partial charge in [0.05, 0.1) is 90.0 Å². The van der Waals surface area contributed by atoms with Gasteiger partial charge in [0, 0.05) is 34.2 Å². The predicted molar refractivity (Wildman–Crippen MR) is 283 cm³/mol. The average Bonchev–Trinajstić information content (AvgIpc) is 4.32. The van der Waals surface area contributed by atoms with Crippen molar-refractivity contribution in [3.05, 3.63) is 118 Å². The van der Waals surface area contributed by atoms with Crippen molar-refractivity contribution in [2.75, 3.05) is 52.9 Å². The van der Waals surface area contributed by atoms with Crippen LogP contribution in [0.25, 0.3) is 0 Å². The number of hydrogen-bond donors (Lipinski definition) is 0. The second-order valence-corrected chi connectivity index (χ2v) is 17.3. The summed E-state index contributed by atoms with van der Waals surface area (Å²) in [7, 11) is 0. The Morgan fingerprint density at radius 1 is 0.425 bits per heavy atom. The third-order valence-corrected chi connectivity index (χ3v) is 11.2. The molecule has 0 saturated carbocycles. The van der Waals surface area contributed by atoms with Gasteiger partial charge in [-0.05, 0) is 90.8 Å². The highest BCUT2D eigenvalue weighted by molar-refractivity contribution is 9.10. The van der Waals surface area contributed by atoms with Crippen LogP contribution in [0.2, 0.25) is 0 Å². The van der Waals surface area contributed by atoms with Crippen LogP contribution in [0.5, 0.6) is 0 Å². The summed E-state index contributed by atoms with van der Waals surface area (Å²) >= 11 is 6.72. The molecule has 0 aliphatic heterocycles. The van der Waals surface area contributed by atoms with Gasteiger partial charge in [-0.15, -0.1) is 10.2 Å². The van der Waals surface area contributed by atoms with Gasteiger partial charge < -0.3 is 37.9 Å². The quantitative estimate of drug-likeness (QED) is 0.0467. The van der Waals surface area contributed by atoms with E-state index in [0.717, 1.165) is 34.3 Å². The first-order chi connectivity index (χ1) is 38.5. The Morgan fingerprint density at radius 2 is 0.762 bits per heavy atom. The second-order valence-electron chi connectivity index (χ2n) is 15.4. The third-order valence-electron chi connectivity index (χ3n) is 10.2. The first kappa shape index (κ1) is 66.0. The minimum atomic E-state index is -1.80. The van der Waals surface area contributed by atoms with Crippen LogP contribution in [0.1, 0.15) is 78.6 Å². The summed E-state index contributed by atoms with van der Waals surface area (Å²) in [6, 6.07) is 12.1. The normalized spacial score (nSPS) is 10.8. The molecule has 0 saturated heterocycles. The molecule has 432 valence electrons. The molecular weight excluding hydrogens is 1180 g/mol. The Balaban J connectivity index is 0.000000286. The molecule has 0 aliphatic carbocycles. The Bertz CT molecular complexity index is 2560. The van der Waals surface area contributed by atoms with Crippen LogP contribution < -0.4 is 0 Å². The number of nitrogens with zero attached hydrogens (tertiary/aromatic N) is 12. The minimum Gasteiger partial charge on any atom is -0.464 e. The fourth-order valence-corrected chi connectivity index (χ4v) is 7.30. The molecule has 0 unspecified atom stereocenters. The maximum atomic E-state index is 12.7. The van der Waals surface area contributed by atoms with Crippen molar-refractivity contribution >= 4 is 79.6 Å². The lowest BCUT2D eigenvalue weighted by molar-refractivity contribution is -0.173. The molecule has 4 heterocycles. The fraction of sp³-hybridized carbons (Fsp3) is 0.440. The molecule has 0 atom stereocenters. The molecule has 0 radical (unpaired) electrons. The zero-order valence-corrected chi connectivity index (χ0v) is 48.3. The van der Waals surface area contributed by atoms with Gasteiger partial charge in [0.2, 0.25) is 6.04 Å². The Kier molecular flexibility index (Phi) is 28.5. The van der Waals surface area contributed by atoms with E-state index in [1.165, 1.54) is 54.3 Å². The molecular formula is C50H62Br2N12O16. The van der Waals surface area contributed by atoms with Crippen molar-refractivity contribution in [1.82, 2.24) is 60.0 Å². The molecule has 30 heteroatoms. The molecule has 0 spiro atoms. The summed E-state index contributed by atoms with van der Waals surface area (Å²) in [6.45, 7) is 14.5. The molecule has 0 aliphatic rings. The summed E-state index contributed by atoms with van der Waals surface area (Å²) < 4.78 is 43.7. The van der Waals surface area contributed by atoms with Crippen molar-refractivity contribution in [3.8, 4) is 0 Å². The summed E-state index contributed by atoms with van der Waals surface area (Å²) in [5.74, 6) is -5.80. The van der Waals surface area contributed by atoms with Crippen LogP contribution in [-0.4, -0.2) is 161 Å². The second kappa shape index (κ2) is 34.6. The Morgan fingerprint density at radius 3 is 1.11 bits per heavy atom. The van der Waals surface area contributed by atoms with Gasteiger partial charge >= 0.3 is 47.8 Å². The van der Waals surface area contributed by atoms with Crippen LogP contribution in [-0.2, 0) is 100 Å².